The zero-order valence-electron chi connectivity index (χ0n) is 7.37. The maximum Gasteiger partial charge on any atom is 0.146 e. The minimum atomic E-state index is -1.57. The van der Waals surface area contributed by atoms with Gasteiger partial charge < -0.3 is 30.0 Å². The molecular formula is C6H16O6Si. The molecule has 4 atom stereocenters. The Labute approximate surface area is 78.9 Å². The summed E-state index contributed by atoms with van der Waals surface area (Å²) < 4.78 is 4.66. The topological polar surface area (TPSA) is 110 Å². The van der Waals surface area contributed by atoms with E-state index in [2.05, 4.69) is 4.43 Å². The van der Waals surface area contributed by atoms with Gasteiger partial charge in [-0.3, -0.25) is 0 Å². The molecule has 0 fully saturated rings. The van der Waals surface area contributed by atoms with Crippen LogP contribution in [0.4, 0.5) is 0 Å². The van der Waals surface area contributed by atoms with Crippen molar-refractivity contribution in [3.8, 4) is 0 Å². The van der Waals surface area contributed by atoms with Crippen molar-refractivity contribution in [2.24, 2.45) is 0 Å². The van der Waals surface area contributed by atoms with Gasteiger partial charge in [0.1, 0.15) is 34.9 Å². The minimum Gasteiger partial charge on any atom is -0.425 e. The SMILES string of the molecule is OC[C@@H](O)[C@@H](O)[C@H](O)[C@@H](O)CO[SiH3]. The summed E-state index contributed by atoms with van der Waals surface area (Å²) >= 11 is 0. The fraction of sp³-hybridized carbons (Fsp3) is 1.00. The summed E-state index contributed by atoms with van der Waals surface area (Å²) in [5.74, 6) is 0. The molecule has 0 radical (unpaired) electrons. The molecule has 0 unspecified atom stereocenters. The Kier molecular flexibility index (Phi) is 6.42. The normalized spacial score (nSPS) is 21.0. The van der Waals surface area contributed by atoms with Crippen LogP contribution in [0, 0.1) is 0 Å². The molecule has 0 amide bonds. The first-order chi connectivity index (χ1) is 6.04. The summed E-state index contributed by atoms with van der Waals surface area (Å²) in [5.41, 5.74) is 0. The van der Waals surface area contributed by atoms with E-state index in [-0.39, 0.29) is 6.61 Å². The fourth-order valence-corrected chi connectivity index (χ4v) is 1.17. The molecule has 5 N–H and O–H groups in total. The van der Waals surface area contributed by atoms with Gasteiger partial charge in [0.2, 0.25) is 0 Å². The third-order valence-electron chi connectivity index (χ3n) is 1.66. The highest BCUT2D eigenvalue weighted by atomic mass is 28.2. The van der Waals surface area contributed by atoms with Gasteiger partial charge in [0.05, 0.1) is 13.2 Å². The molecule has 0 bridgehead atoms. The Morgan fingerprint density at radius 1 is 1.00 bits per heavy atom. The van der Waals surface area contributed by atoms with Gasteiger partial charge in [-0.05, 0) is 0 Å². The highest BCUT2D eigenvalue weighted by Crippen LogP contribution is 2.04. The Hall–Kier alpha value is -0.0231. The molecule has 0 aromatic carbocycles. The molecule has 0 aliphatic rings. The van der Waals surface area contributed by atoms with Crippen LogP contribution in [0.3, 0.4) is 0 Å². The van der Waals surface area contributed by atoms with E-state index in [4.69, 9.17) is 20.4 Å². The first kappa shape index (κ1) is 13.0. The van der Waals surface area contributed by atoms with Crippen LogP contribution in [0.2, 0.25) is 0 Å². The second-order valence-corrected chi connectivity index (χ2v) is 3.33. The number of aliphatic hydroxyl groups excluding tert-OH is 5. The van der Waals surface area contributed by atoms with E-state index in [1.807, 2.05) is 0 Å². The molecule has 0 aromatic rings. The Morgan fingerprint density at radius 2 is 1.46 bits per heavy atom. The molecule has 0 aromatic heterocycles. The van der Waals surface area contributed by atoms with Crippen LogP contribution in [0.1, 0.15) is 0 Å². The number of hydrogen-bond donors (Lipinski definition) is 5. The second kappa shape index (κ2) is 6.43. The third-order valence-corrected chi connectivity index (χ3v) is 2.00. The van der Waals surface area contributed by atoms with Crippen molar-refractivity contribution in [2.45, 2.75) is 24.4 Å². The highest BCUT2D eigenvalue weighted by molar-refractivity contribution is 5.97. The quantitative estimate of drug-likeness (QED) is 0.285. The Morgan fingerprint density at radius 3 is 1.85 bits per heavy atom. The van der Waals surface area contributed by atoms with Crippen LogP contribution < -0.4 is 0 Å². The molecule has 13 heavy (non-hydrogen) atoms. The van der Waals surface area contributed by atoms with Crippen molar-refractivity contribution in [2.75, 3.05) is 13.2 Å². The summed E-state index contributed by atoms with van der Waals surface area (Å²) in [5, 5.41) is 44.8. The van der Waals surface area contributed by atoms with Crippen molar-refractivity contribution in [3.05, 3.63) is 0 Å². The molecule has 0 saturated carbocycles. The van der Waals surface area contributed by atoms with E-state index in [0.29, 0.717) is 10.5 Å². The summed E-state index contributed by atoms with van der Waals surface area (Å²) in [6.07, 6.45) is -5.81. The Bertz CT molecular complexity index is 134. The van der Waals surface area contributed by atoms with Gasteiger partial charge in [-0.25, -0.2) is 0 Å². The molecule has 0 heterocycles. The van der Waals surface area contributed by atoms with Gasteiger partial charge in [0.15, 0.2) is 0 Å². The van der Waals surface area contributed by atoms with Crippen molar-refractivity contribution in [3.63, 3.8) is 0 Å². The van der Waals surface area contributed by atoms with Crippen molar-refractivity contribution in [1.82, 2.24) is 0 Å². The molecule has 0 saturated heterocycles. The standard InChI is InChI=1S/C6H16O6Si/c7-1-3(8)5(10)6(11)4(9)2-12-13/h3-11H,1-2H2,13H3/t3-,4+,5-,6-/m1/s1. The van der Waals surface area contributed by atoms with Crippen molar-refractivity contribution < 1.29 is 30.0 Å². The third kappa shape index (κ3) is 4.14. The number of aliphatic hydroxyl groups is 5. The van der Waals surface area contributed by atoms with Gasteiger partial charge in [-0.15, -0.1) is 0 Å². The van der Waals surface area contributed by atoms with Crippen LogP contribution in [0.25, 0.3) is 0 Å². The van der Waals surface area contributed by atoms with Gasteiger partial charge in [-0.2, -0.15) is 0 Å². The first-order valence-corrected chi connectivity index (χ1v) is 4.68. The molecule has 0 aliphatic heterocycles. The van der Waals surface area contributed by atoms with Gasteiger partial charge in [-0.1, -0.05) is 0 Å². The largest absolute Gasteiger partial charge is 0.425 e. The lowest BCUT2D eigenvalue weighted by molar-refractivity contribution is -0.121. The monoisotopic (exact) mass is 212 g/mol. The summed E-state index contributed by atoms with van der Waals surface area (Å²) in [6, 6.07) is 0. The van der Waals surface area contributed by atoms with Crippen LogP contribution in [0.15, 0.2) is 0 Å². The summed E-state index contributed by atoms with van der Waals surface area (Å²) in [4.78, 5) is 0. The lowest BCUT2D eigenvalue weighted by atomic mass is 10.0. The van der Waals surface area contributed by atoms with E-state index >= 15 is 0 Å². The van der Waals surface area contributed by atoms with E-state index in [0.717, 1.165) is 0 Å². The van der Waals surface area contributed by atoms with Crippen LogP contribution in [0.5, 0.6) is 0 Å². The molecule has 0 rings (SSSR count). The number of hydrogen-bond acceptors (Lipinski definition) is 6. The van der Waals surface area contributed by atoms with Crippen LogP contribution in [-0.4, -0.2) is 73.6 Å². The maximum absolute atomic E-state index is 9.18. The van der Waals surface area contributed by atoms with Gasteiger partial charge >= 0.3 is 0 Å². The lowest BCUT2D eigenvalue weighted by Crippen LogP contribution is -2.47. The van der Waals surface area contributed by atoms with Crippen LogP contribution in [-0.2, 0) is 4.43 Å². The smallest absolute Gasteiger partial charge is 0.146 e. The van der Waals surface area contributed by atoms with E-state index in [1.165, 1.54) is 0 Å². The predicted molar refractivity (Wildman–Crippen MR) is 47.0 cm³/mol. The maximum atomic E-state index is 9.18. The van der Waals surface area contributed by atoms with E-state index < -0.39 is 31.0 Å². The minimum absolute atomic E-state index is 0.0946. The molecule has 0 spiro atoms. The van der Waals surface area contributed by atoms with Crippen molar-refractivity contribution in [1.29, 1.82) is 0 Å². The number of rotatable bonds is 6. The predicted octanol–water partition coefficient (Wildman–Crippen LogP) is -4.28. The zero-order valence-corrected chi connectivity index (χ0v) is 9.37. The molecular weight excluding hydrogens is 196 g/mol. The molecule has 7 heteroatoms. The molecule has 80 valence electrons. The van der Waals surface area contributed by atoms with Gasteiger partial charge in [0.25, 0.3) is 0 Å². The average Bonchev–Trinajstić information content (AvgIpc) is 2.14. The Balaban J connectivity index is 3.99. The van der Waals surface area contributed by atoms with Gasteiger partial charge in [0, 0.05) is 0 Å². The second-order valence-electron chi connectivity index (χ2n) is 2.75. The molecule has 0 aliphatic carbocycles. The summed E-state index contributed by atoms with van der Waals surface area (Å²) in [6.45, 7) is -0.769. The van der Waals surface area contributed by atoms with Crippen molar-refractivity contribution >= 4 is 10.5 Å². The highest BCUT2D eigenvalue weighted by Gasteiger charge is 2.29. The van der Waals surface area contributed by atoms with E-state index in [9.17, 15) is 5.11 Å². The lowest BCUT2D eigenvalue weighted by Gasteiger charge is -2.25. The molecule has 6 nitrogen and oxygen atoms in total. The zero-order chi connectivity index (χ0) is 10.4. The average molecular weight is 212 g/mol. The fourth-order valence-electron chi connectivity index (χ4n) is 0.833. The van der Waals surface area contributed by atoms with E-state index in [1.54, 1.807) is 0 Å². The van der Waals surface area contributed by atoms with Crippen LogP contribution >= 0.6 is 0 Å². The summed E-state index contributed by atoms with van der Waals surface area (Å²) in [7, 11) is 0.411. The first-order valence-electron chi connectivity index (χ1n) is 3.86.